The average Bonchev–Trinajstić information content (AvgIpc) is 2.37. The van der Waals surface area contributed by atoms with Crippen LogP contribution in [-0.4, -0.2) is 17.6 Å². The summed E-state index contributed by atoms with van der Waals surface area (Å²) in [6.07, 6.45) is 0.775. The molecule has 1 unspecified atom stereocenters. The van der Waals surface area contributed by atoms with Crippen LogP contribution in [0.3, 0.4) is 0 Å². The van der Waals surface area contributed by atoms with Crippen molar-refractivity contribution in [1.82, 2.24) is 5.32 Å². The molecule has 0 radical (unpaired) electrons. The average molecular weight is 284 g/mol. The third-order valence-corrected chi connectivity index (χ3v) is 3.72. The molecule has 1 rings (SSSR count). The van der Waals surface area contributed by atoms with E-state index in [1.165, 1.54) is 0 Å². The highest BCUT2D eigenvalue weighted by Crippen LogP contribution is 2.23. The van der Waals surface area contributed by atoms with Crippen molar-refractivity contribution in [3.63, 3.8) is 0 Å². The standard InChI is InChI=1S/C14H22ClN3O/c1-10(11-6-4-5-7-12(11)15)17-9-8-14(2,3)13(16)18-19/h4-7,10,17,19H,8-9H2,1-3H3,(H2,16,18). The molecule has 19 heavy (non-hydrogen) atoms. The first-order chi connectivity index (χ1) is 8.88. The molecule has 4 nitrogen and oxygen atoms in total. The molecular weight excluding hydrogens is 262 g/mol. The molecule has 0 amide bonds. The molecule has 1 atom stereocenters. The highest BCUT2D eigenvalue weighted by atomic mass is 35.5. The van der Waals surface area contributed by atoms with Gasteiger partial charge >= 0.3 is 0 Å². The summed E-state index contributed by atoms with van der Waals surface area (Å²) in [5, 5.41) is 16.0. The highest BCUT2D eigenvalue weighted by molar-refractivity contribution is 6.31. The zero-order valence-electron chi connectivity index (χ0n) is 11.7. The van der Waals surface area contributed by atoms with Crippen molar-refractivity contribution >= 4 is 17.4 Å². The maximum absolute atomic E-state index is 8.72. The summed E-state index contributed by atoms with van der Waals surface area (Å²) in [6.45, 7) is 6.72. The van der Waals surface area contributed by atoms with Gasteiger partial charge in [0.2, 0.25) is 0 Å². The van der Waals surface area contributed by atoms with Crippen molar-refractivity contribution in [2.24, 2.45) is 16.3 Å². The van der Waals surface area contributed by atoms with E-state index in [1.807, 2.05) is 38.1 Å². The van der Waals surface area contributed by atoms with Crippen molar-refractivity contribution < 1.29 is 5.21 Å². The van der Waals surface area contributed by atoms with E-state index in [0.29, 0.717) is 0 Å². The molecule has 1 aromatic rings. The lowest BCUT2D eigenvalue weighted by Gasteiger charge is -2.24. The first kappa shape index (κ1) is 15.8. The molecule has 4 N–H and O–H groups in total. The summed E-state index contributed by atoms with van der Waals surface area (Å²) < 4.78 is 0. The van der Waals surface area contributed by atoms with Crippen LogP contribution in [0.4, 0.5) is 0 Å². The van der Waals surface area contributed by atoms with Crippen molar-refractivity contribution in [3.05, 3.63) is 34.9 Å². The van der Waals surface area contributed by atoms with Gasteiger partial charge in [0.25, 0.3) is 0 Å². The van der Waals surface area contributed by atoms with Crippen LogP contribution in [0.15, 0.2) is 29.4 Å². The number of hydrogen-bond donors (Lipinski definition) is 3. The Balaban J connectivity index is 2.52. The summed E-state index contributed by atoms with van der Waals surface area (Å²) in [5.41, 5.74) is 6.40. The molecule has 5 heteroatoms. The van der Waals surface area contributed by atoms with E-state index in [1.54, 1.807) is 0 Å². The molecular formula is C14H22ClN3O. The Bertz CT molecular complexity index is 446. The maximum Gasteiger partial charge on any atom is 0.144 e. The molecule has 1 aromatic carbocycles. The van der Waals surface area contributed by atoms with Crippen molar-refractivity contribution in [2.75, 3.05) is 6.54 Å². The number of nitrogens with zero attached hydrogens (tertiary/aromatic N) is 1. The van der Waals surface area contributed by atoms with Gasteiger partial charge in [0.05, 0.1) is 0 Å². The fraction of sp³-hybridized carbons (Fsp3) is 0.500. The van der Waals surface area contributed by atoms with Gasteiger partial charge in [0, 0.05) is 16.5 Å². The normalized spacial score (nSPS) is 14.4. The molecule has 0 fully saturated rings. The largest absolute Gasteiger partial charge is 0.409 e. The number of oxime groups is 1. The van der Waals surface area contributed by atoms with E-state index < -0.39 is 0 Å². The topological polar surface area (TPSA) is 70.6 Å². The third kappa shape index (κ3) is 4.40. The minimum atomic E-state index is -0.331. The summed E-state index contributed by atoms with van der Waals surface area (Å²) in [5.74, 6) is 0.250. The van der Waals surface area contributed by atoms with E-state index in [2.05, 4.69) is 17.4 Å². The monoisotopic (exact) mass is 283 g/mol. The number of amidine groups is 1. The van der Waals surface area contributed by atoms with E-state index in [-0.39, 0.29) is 17.3 Å². The van der Waals surface area contributed by atoms with E-state index >= 15 is 0 Å². The quantitative estimate of drug-likeness (QED) is 0.325. The minimum Gasteiger partial charge on any atom is -0.409 e. The van der Waals surface area contributed by atoms with Crippen LogP contribution in [0, 0.1) is 5.41 Å². The number of hydrogen-bond acceptors (Lipinski definition) is 3. The second-order valence-corrected chi connectivity index (χ2v) is 5.72. The maximum atomic E-state index is 8.72. The lowest BCUT2D eigenvalue weighted by Crippen LogP contribution is -2.35. The summed E-state index contributed by atoms with van der Waals surface area (Å²) in [4.78, 5) is 0. The van der Waals surface area contributed by atoms with Gasteiger partial charge in [-0.15, -0.1) is 0 Å². The summed E-state index contributed by atoms with van der Waals surface area (Å²) in [7, 11) is 0. The smallest absolute Gasteiger partial charge is 0.144 e. The summed E-state index contributed by atoms with van der Waals surface area (Å²) in [6, 6.07) is 7.95. The molecule has 0 aliphatic heterocycles. The minimum absolute atomic E-state index is 0.164. The summed E-state index contributed by atoms with van der Waals surface area (Å²) >= 11 is 6.15. The van der Waals surface area contributed by atoms with Gasteiger partial charge in [-0.25, -0.2) is 0 Å². The Hall–Kier alpha value is -1.26. The molecule has 106 valence electrons. The van der Waals surface area contributed by atoms with E-state index in [0.717, 1.165) is 23.6 Å². The lowest BCUT2D eigenvalue weighted by molar-refractivity contribution is 0.304. The van der Waals surface area contributed by atoms with Gasteiger partial charge in [0.1, 0.15) is 5.84 Å². The molecule has 0 spiro atoms. The first-order valence-electron chi connectivity index (χ1n) is 6.34. The number of nitrogens with two attached hydrogens (primary N) is 1. The van der Waals surface area contributed by atoms with Crippen LogP contribution < -0.4 is 11.1 Å². The highest BCUT2D eigenvalue weighted by Gasteiger charge is 2.23. The zero-order chi connectivity index (χ0) is 14.5. The van der Waals surface area contributed by atoms with Crippen LogP contribution in [0.1, 0.15) is 38.8 Å². The van der Waals surface area contributed by atoms with E-state index in [9.17, 15) is 0 Å². The van der Waals surface area contributed by atoms with Crippen molar-refractivity contribution in [3.8, 4) is 0 Å². The van der Waals surface area contributed by atoms with Gasteiger partial charge in [-0.05, 0) is 31.5 Å². The van der Waals surface area contributed by atoms with Gasteiger partial charge in [-0.1, -0.05) is 48.8 Å². The van der Waals surface area contributed by atoms with Crippen molar-refractivity contribution in [1.29, 1.82) is 0 Å². The van der Waals surface area contributed by atoms with Crippen molar-refractivity contribution in [2.45, 2.75) is 33.2 Å². The predicted molar refractivity (Wildman–Crippen MR) is 79.7 cm³/mol. The Labute approximate surface area is 119 Å². The predicted octanol–water partition coefficient (Wildman–Crippen LogP) is 3.15. The van der Waals surface area contributed by atoms with Gasteiger partial charge in [-0.3, -0.25) is 0 Å². The van der Waals surface area contributed by atoms with Crippen LogP contribution in [0.5, 0.6) is 0 Å². The molecule has 0 heterocycles. The van der Waals surface area contributed by atoms with E-state index in [4.69, 9.17) is 22.5 Å². The second kappa shape index (κ2) is 6.78. The van der Waals surface area contributed by atoms with Crippen LogP contribution in [-0.2, 0) is 0 Å². The van der Waals surface area contributed by atoms with Gasteiger partial charge in [0.15, 0.2) is 0 Å². The number of benzene rings is 1. The van der Waals surface area contributed by atoms with Gasteiger partial charge in [-0.2, -0.15) is 0 Å². The zero-order valence-corrected chi connectivity index (χ0v) is 12.4. The number of rotatable bonds is 6. The molecule has 0 aliphatic carbocycles. The molecule has 0 bridgehead atoms. The number of nitrogens with one attached hydrogen (secondary N) is 1. The molecule has 0 saturated heterocycles. The van der Waals surface area contributed by atoms with Crippen LogP contribution in [0.25, 0.3) is 0 Å². The Morgan fingerprint density at radius 2 is 2.11 bits per heavy atom. The lowest BCUT2D eigenvalue weighted by atomic mass is 9.88. The first-order valence-corrected chi connectivity index (χ1v) is 6.72. The molecule has 0 aromatic heterocycles. The van der Waals surface area contributed by atoms with Crippen LogP contribution >= 0.6 is 11.6 Å². The van der Waals surface area contributed by atoms with Gasteiger partial charge < -0.3 is 16.3 Å². The fourth-order valence-corrected chi connectivity index (χ4v) is 2.10. The van der Waals surface area contributed by atoms with Crippen LogP contribution in [0.2, 0.25) is 5.02 Å². The third-order valence-electron chi connectivity index (χ3n) is 3.37. The Kier molecular flexibility index (Phi) is 5.63. The molecule has 0 saturated carbocycles. The number of halogens is 1. The second-order valence-electron chi connectivity index (χ2n) is 5.32. The Morgan fingerprint density at radius 1 is 1.47 bits per heavy atom. The Morgan fingerprint density at radius 3 is 2.68 bits per heavy atom. The molecule has 0 aliphatic rings. The fourth-order valence-electron chi connectivity index (χ4n) is 1.80. The SMILES string of the molecule is CC(NCCC(C)(C)C(N)=NO)c1ccccc1Cl.